The van der Waals surface area contributed by atoms with E-state index in [1.165, 1.54) is 12.0 Å². The minimum Gasteiger partial charge on any atom is -0.468 e. The molecule has 1 aliphatic carbocycles. The number of aryl methyl sites for hydroxylation is 1. The second kappa shape index (κ2) is 4.62. The second-order valence-corrected chi connectivity index (χ2v) is 5.51. The van der Waals surface area contributed by atoms with Gasteiger partial charge in [0.15, 0.2) is 0 Å². The molecule has 2 nitrogen and oxygen atoms in total. The minimum atomic E-state index is -0.328. The van der Waals surface area contributed by atoms with Gasteiger partial charge in [0.2, 0.25) is 0 Å². The van der Waals surface area contributed by atoms with E-state index in [1.807, 2.05) is 17.8 Å². The van der Waals surface area contributed by atoms with Crippen molar-refractivity contribution in [2.75, 3.05) is 5.75 Å². The normalized spacial score (nSPS) is 18.8. The summed E-state index contributed by atoms with van der Waals surface area (Å²) in [7, 11) is 0. The lowest BCUT2D eigenvalue weighted by Crippen LogP contribution is -2.37. The number of thioether (sulfide) groups is 1. The van der Waals surface area contributed by atoms with Gasteiger partial charge in [0.25, 0.3) is 0 Å². The van der Waals surface area contributed by atoms with Crippen LogP contribution in [-0.4, -0.2) is 16.5 Å². The molecule has 0 unspecified atom stereocenters. The van der Waals surface area contributed by atoms with Gasteiger partial charge in [-0.1, -0.05) is 0 Å². The van der Waals surface area contributed by atoms with Crippen LogP contribution >= 0.6 is 11.8 Å². The van der Waals surface area contributed by atoms with Crippen LogP contribution in [0.25, 0.3) is 0 Å². The fraction of sp³-hybridized carbons (Fsp3) is 0.667. The van der Waals surface area contributed by atoms with Crippen LogP contribution in [0.1, 0.15) is 37.0 Å². The summed E-state index contributed by atoms with van der Waals surface area (Å²) < 4.78 is 5.35. The van der Waals surface area contributed by atoms with E-state index in [4.69, 9.17) is 4.42 Å². The molecule has 84 valence electrons. The monoisotopic (exact) mass is 226 g/mol. The van der Waals surface area contributed by atoms with Crippen LogP contribution in [0.2, 0.25) is 0 Å². The Balaban J connectivity index is 1.65. The molecular weight excluding hydrogens is 208 g/mol. The van der Waals surface area contributed by atoms with Crippen LogP contribution in [0, 0.1) is 6.92 Å². The number of hydrogen-bond donors (Lipinski definition) is 1. The highest BCUT2D eigenvalue weighted by Gasteiger charge is 2.33. The van der Waals surface area contributed by atoms with Crippen molar-refractivity contribution >= 4 is 11.8 Å². The Morgan fingerprint density at radius 3 is 2.87 bits per heavy atom. The van der Waals surface area contributed by atoms with Crippen LogP contribution in [0.5, 0.6) is 0 Å². The average Bonchev–Trinajstić information content (AvgIpc) is 2.56. The molecule has 0 radical (unpaired) electrons. The fourth-order valence-electron chi connectivity index (χ4n) is 1.81. The summed E-state index contributed by atoms with van der Waals surface area (Å²) in [6.07, 6.45) is 5.85. The Bertz CT molecular complexity index is 315. The van der Waals surface area contributed by atoms with Gasteiger partial charge in [-0.05, 0) is 50.0 Å². The van der Waals surface area contributed by atoms with Crippen LogP contribution in [-0.2, 0) is 5.75 Å². The third kappa shape index (κ3) is 2.79. The van der Waals surface area contributed by atoms with Crippen LogP contribution in [0.3, 0.4) is 0 Å². The van der Waals surface area contributed by atoms with Crippen LogP contribution in [0.15, 0.2) is 16.7 Å². The summed E-state index contributed by atoms with van der Waals surface area (Å²) in [5.41, 5.74) is 0.899. The van der Waals surface area contributed by atoms with Gasteiger partial charge in [-0.25, -0.2) is 0 Å². The Kier molecular flexibility index (Phi) is 3.42. The maximum absolute atomic E-state index is 9.89. The molecule has 1 saturated carbocycles. The molecule has 1 heterocycles. The van der Waals surface area contributed by atoms with E-state index in [0.717, 1.165) is 36.5 Å². The van der Waals surface area contributed by atoms with E-state index in [-0.39, 0.29) is 5.60 Å². The zero-order chi connectivity index (χ0) is 10.7. The molecule has 2 rings (SSSR count). The molecule has 1 aliphatic rings. The van der Waals surface area contributed by atoms with Crippen LogP contribution < -0.4 is 0 Å². The SMILES string of the molecule is Cc1ccoc1CSCCC1(O)CCC1. The molecule has 3 heteroatoms. The maximum atomic E-state index is 9.89. The van der Waals surface area contributed by atoms with Gasteiger partial charge in [0.05, 0.1) is 17.6 Å². The molecule has 1 aromatic rings. The number of furan rings is 1. The zero-order valence-corrected chi connectivity index (χ0v) is 9.98. The minimum absolute atomic E-state index is 0.328. The Morgan fingerprint density at radius 2 is 2.33 bits per heavy atom. The molecule has 1 N–H and O–H groups in total. The predicted octanol–water partition coefficient (Wildman–Crippen LogP) is 3.13. The lowest BCUT2D eigenvalue weighted by atomic mass is 9.78. The molecule has 15 heavy (non-hydrogen) atoms. The van der Waals surface area contributed by atoms with Crippen molar-refractivity contribution < 1.29 is 9.52 Å². The first-order valence-corrected chi connectivity index (χ1v) is 6.68. The molecule has 0 aliphatic heterocycles. The van der Waals surface area contributed by atoms with E-state index in [0.29, 0.717) is 0 Å². The van der Waals surface area contributed by atoms with E-state index in [2.05, 4.69) is 6.92 Å². The number of hydrogen-bond acceptors (Lipinski definition) is 3. The third-order valence-corrected chi connectivity index (χ3v) is 4.16. The molecular formula is C12H18O2S. The first-order chi connectivity index (χ1) is 7.20. The smallest absolute Gasteiger partial charge is 0.116 e. The van der Waals surface area contributed by atoms with Crippen molar-refractivity contribution in [2.45, 2.75) is 44.0 Å². The lowest BCUT2D eigenvalue weighted by Gasteiger charge is -2.36. The van der Waals surface area contributed by atoms with Crippen molar-refractivity contribution in [1.29, 1.82) is 0 Å². The van der Waals surface area contributed by atoms with E-state index in [1.54, 1.807) is 6.26 Å². The highest BCUT2D eigenvalue weighted by atomic mass is 32.2. The van der Waals surface area contributed by atoms with Gasteiger partial charge < -0.3 is 9.52 Å². The van der Waals surface area contributed by atoms with Gasteiger partial charge in [-0.15, -0.1) is 0 Å². The van der Waals surface area contributed by atoms with E-state index >= 15 is 0 Å². The molecule has 1 aromatic heterocycles. The van der Waals surface area contributed by atoms with E-state index in [9.17, 15) is 5.11 Å². The Morgan fingerprint density at radius 1 is 1.53 bits per heavy atom. The van der Waals surface area contributed by atoms with Crippen molar-refractivity contribution in [3.63, 3.8) is 0 Å². The van der Waals surface area contributed by atoms with Crippen molar-refractivity contribution in [3.8, 4) is 0 Å². The van der Waals surface area contributed by atoms with Gasteiger partial charge in [-0.3, -0.25) is 0 Å². The average molecular weight is 226 g/mol. The van der Waals surface area contributed by atoms with Gasteiger partial charge in [-0.2, -0.15) is 11.8 Å². The summed E-state index contributed by atoms with van der Waals surface area (Å²) in [4.78, 5) is 0. The van der Waals surface area contributed by atoms with Crippen molar-refractivity contribution in [1.82, 2.24) is 0 Å². The second-order valence-electron chi connectivity index (χ2n) is 4.41. The maximum Gasteiger partial charge on any atom is 0.116 e. The quantitative estimate of drug-likeness (QED) is 0.783. The summed E-state index contributed by atoms with van der Waals surface area (Å²) in [5.74, 6) is 3.02. The standard InChI is InChI=1S/C12H18O2S/c1-10-3-7-14-11(10)9-15-8-6-12(13)4-2-5-12/h3,7,13H,2,4-6,8-9H2,1H3. The summed E-state index contributed by atoms with van der Waals surface area (Å²) in [6, 6.07) is 2.00. The van der Waals surface area contributed by atoms with Crippen molar-refractivity contribution in [2.24, 2.45) is 0 Å². The Hall–Kier alpha value is -0.410. The van der Waals surface area contributed by atoms with Gasteiger partial charge in [0, 0.05) is 0 Å². The highest BCUT2D eigenvalue weighted by Crippen LogP contribution is 2.35. The number of aliphatic hydroxyl groups is 1. The largest absolute Gasteiger partial charge is 0.468 e. The molecule has 0 aromatic carbocycles. The molecule has 0 atom stereocenters. The zero-order valence-electron chi connectivity index (χ0n) is 9.16. The highest BCUT2D eigenvalue weighted by molar-refractivity contribution is 7.98. The predicted molar refractivity (Wildman–Crippen MR) is 63.0 cm³/mol. The summed E-state index contributed by atoms with van der Waals surface area (Å²) in [6.45, 7) is 2.07. The molecule has 0 spiro atoms. The lowest BCUT2D eigenvalue weighted by molar-refractivity contribution is -0.0349. The summed E-state index contributed by atoms with van der Waals surface area (Å²) in [5, 5.41) is 9.89. The number of rotatable bonds is 5. The van der Waals surface area contributed by atoms with Gasteiger partial charge in [0.1, 0.15) is 5.76 Å². The first-order valence-electron chi connectivity index (χ1n) is 5.53. The Labute approximate surface area is 95.1 Å². The topological polar surface area (TPSA) is 33.4 Å². The molecule has 0 bridgehead atoms. The fourth-order valence-corrected chi connectivity index (χ4v) is 2.96. The van der Waals surface area contributed by atoms with Gasteiger partial charge >= 0.3 is 0 Å². The molecule has 0 amide bonds. The third-order valence-electron chi connectivity index (χ3n) is 3.20. The summed E-state index contributed by atoms with van der Waals surface area (Å²) >= 11 is 1.85. The molecule has 0 saturated heterocycles. The van der Waals surface area contributed by atoms with Crippen molar-refractivity contribution in [3.05, 3.63) is 23.7 Å². The first kappa shape index (κ1) is 11.1. The molecule has 1 fully saturated rings. The van der Waals surface area contributed by atoms with Crippen LogP contribution in [0.4, 0.5) is 0 Å². The van der Waals surface area contributed by atoms with E-state index < -0.39 is 0 Å².